The molecule has 0 unspecified atom stereocenters. The van der Waals surface area contributed by atoms with E-state index in [4.69, 9.17) is 4.98 Å². The number of nitrogens with zero attached hydrogens (tertiary/aromatic N) is 3. The van der Waals surface area contributed by atoms with Crippen LogP contribution in [0.15, 0.2) is 121 Å². The Labute approximate surface area is 199 Å². The van der Waals surface area contributed by atoms with Crippen LogP contribution in [0.2, 0.25) is 0 Å². The lowest BCUT2D eigenvalue weighted by Crippen LogP contribution is -1.98. The van der Waals surface area contributed by atoms with Crippen molar-refractivity contribution in [1.82, 2.24) is 14.0 Å². The van der Waals surface area contributed by atoms with Crippen LogP contribution in [-0.4, -0.2) is 14.0 Å². The van der Waals surface area contributed by atoms with Crippen LogP contribution in [-0.2, 0) is 6.42 Å². The van der Waals surface area contributed by atoms with Crippen LogP contribution >= 0.6 is 0 Å². The molecule has 6 aromatic rings. The monoisotopic (exact) mass is 439 g/mol. The van der Waals surface area contributed by atoms with Gasteiger partial charge in [-0.1, -0.05) is 110 Å². The third-order valence-corrected chi connectivity index (χ3v) is 6.35. The van der Waals surface area contributed by atoms with Crippen LogP contribution in [0.25, 0.3) is 45.2 Å². The number of aryl methyl sites for hydroxylation is 1. The lowest BCUT2D eigenvalue weighted by Gasteiger charge is -2.10. The van der Waals surface area contributed by atoms with Gasteiger partial charge in [0.2, 0.25) is 5.78 Å². The summed E-state index contributed by atoms with van der Waals surface area (Å²) < 4.78 is 4.52. The van der Waals surface area contributed by atoms with Crippen molar-refractivity contribution in [2.24, 2.45) is 0 Å². The molecule has 2 heterocycles. The van der Waals surface area contributed by atoms with Gasteiger partial charge in [0.05, 0.1) is 17.1 Å². The summed E-state index contributed by atoms with van der Waals surface area (Å²) in [4.78, 5) is 5.25. The molecule has 0 fully saturated rings. The fraction of sp³-hybridized carbons (Fsp3) is 0.0645. The minimum Gasteiger partial charge on any atom is -0.282 e. The Morgan fingerprint density at radius 2 is 1.18 bits per heavy atom. The molecule has 0 amide bonds. The van der Waals surface area contributed by atoms with E-state index in [0.717, 1.165) is 51.7 Å². The lowest BCUT2D eigenvalue weighted by atomic mass is 10.0. The van der Waals surface area contributed by atoms with Gasteiger partial charge in [-0.2, -0.15) is 0 Å². The molecule has 0 radical (unpaired) electrons. The molecular formula is C31H25N3. The van der Waals surface area contributed by atoms with Gasteiger partial charge in [-0.05, 0) is 24.1 Å². The summed E-state index contributed by atoms with van der Waals surface area (Å²) in [5, 5.41) is 0. The van der Waals surface area contributed by atoms with Crippen molar-refractivity contribution in [3.05, 3.63) is 127 Å². The third kappa shape index (κ3) is 3.43. The van der Waals surface area contributed by atoms with Gasteiger partial charge in [0, 0.05) is 28.6 Å². The fourth-order valence-electron chi connectivity index (χ4n) is 4.61. The first-order valence-corrected chi connectivity index (χ1v) is 11.7. The van der Waals surface area contributed by atoms with Crippen LogP contribution in [0.1, 0.15) is 12.5 Å². The Morgan fingerprint density at radius 1 is 0.618 bits per heavy atom. The molecule has 0 N–H and O–H groups in total. The highest BCUT2D eigenvalue weighted by Crippen LogP contribution is 2.36. The molecule has 0 spiro atoms. The van der Waals surface area contributed by atoms with Crippen molar-refractivity contribution in [3.8, 4) is 39.5 Å². The molecular weight excluding hydrogens is 414 g/mol. The Morgan fingerprint density at radius 3 is 1.76 bits per heavy atom. The van der Waals surface area contributed by atoms with E-state index in [1.807, 2.05) is 6.07 Å². The highest BCUT2D eigenvalue weighted by molar-refractivity contribution is 5.83. The summed E-state index contributed by atoms with van der Waals surface area (Å²) in [6.07, 6.45) is 3.24. The van der Waals surface area contributed by atoms with Crippen LogP contribution in [0.4, 0.5) is 0 Å². The first-order valence-electron chi connectivity index (χ1n) is 11.7. The molecule has 3 heteroatoms. The number of hydrogen-bond donors (Lipinski definition) is 0. The van der Waals surface area contributed by atoms with E-state index in [0.29, 0.717) is 0 Å². The Hall–Kier alpha value is -4.37. The number of hydrogen-bond acceptors (Lipinski definition) is 1. The maximum absolute atomic E-state index is 5.25. The van der Waals surface area contributed by atoms with E-state index in [-0.39, 0.29) is 0 Å². The van der Waals surface area contributed by atoms with Gasteiger partial charge in [-0.3, -0.25) is 8.97 Å². The van der Waals surface area contributed by atoms with Crippen LogP contribution in [0.5, 0.6) is 0 Å². The van der Waals surface area contributed by atoms with E-state index in [9.17, 15) is 0 Å². The molecule has 0 saturated heterocycles. The van der Waals surface area contributed by atoms with Gasteiger partial charge < -0.3 is 0 Å². The molecule has 164 valence electrons. The summed E-state index contributed by atoms with van der Waals surface area (Å²) in [5.41, 5.74) is 9.05. The van der Waals surface area contributed by atoms with E-state index in [1.54, 1.807) is 0 Å². The van der Waals surface area contributed by atoms with Crippen molar-refractivity contribution in [2.75, 3.05) is 0 Å². The zero-order valence-corrected chi connectivity index (χ0v) is 19.1. The number of rotatable bonds is 5. The van der Waals surface area contributed by atoms with Crippen molar-refractivity contribution in [3.63, 3.8) is 0 Å². The van der Waals surface area contributed by atoms with Gasteiger partial charge in [-0.25, -0.2) is 4.98 Å². The summed E-state index contributed by atoms with van der Waals surface area (Å²) in [7, 11) is 0. The highest BCUT2D eigenvalue weighted by Gasteiger charge is 2.22. The summed E-state index contributed by atoms with van der Waals surface area (Å²) >= 11 is 0. The average molecular weight is 440 g/mol. The zero-order chi connectivity index (χ0) is 22.9. The van der Waals surface area contributed by atoms with E-state index in [1.165, 1.54) is 5.56 Å². The minimum atomic E-state index is 0.904. The molecule has 6 rings (SSSR count). The number of benzene rings is 4. The number of fused-ring (bicyclic) bond motifs is 1. The molecule has 0 atom stereocenters. The van der Waals surface area contributed by atoms with Crippen LogP contribution in [0.3, 0.4) is 0 Å². The average Bonchev–Trinajstić information content (AvgIpc) is 3.47. The Balaban J connectivity index is 1.70. The van der Waals surface area contributed by atoms with E-state index < -0.39 is 0 Å². The van der Waals surface area contributed by atoms with E-state index >= 15 is 0 Å². The van der Waals surface area contributed by atoms with Gasteiger partial charge in [-0.15, -0.1) is 0 Å². The maximum Gasteiger partial charge on any atom is 0.220 e. The summed E-state index contributed by atoms with van der Waals surface area (Å²) in [5.74, 6) is 0.904. The first-order chi connectivity index (χ1) is 16.8. The van der Waals surface area contributed by atoms with Crippen molar-refractivity contribution in [2.45, 2.75) is 13.3 Å². The molecule has 0 aliphatic heterocycles. The second-order valence-electron chi connectivity index (χ2n) is 8.45. The minimum absolute atomic E-state index is 0.904. The smallest absolute Gasteiger partial charge is 0.220 e. The number of aromatic nitrogens is 3. The van der Waals surface area contributed by atoms with Gasteiger partial charge in [0.15, 0.2) is 0 Å². The maximum atomic E-state index is 5.25. The largest absolute Gasteiger partial charge is 0.282 e. The van der Waals surface area contributed by atoms with Gasteiger partial charge in [0.25, 0.3) is 0 Å². The fourth-order valence-corrected chi connectivity index (χ4v) is 4.61. The second kappa shape index (κ2) is 8.53. The van der Waals surface area contributed by atoms with Gasteiger partial charge in [0.1, 0.15) is 0 Å². The molecule has 0 aliphatic carbocycles. The molecule has 34 heavy (non-hydrogen) atoms. The summed E-state index contributed by atoms with van der Waals surface area (Å²) in [6.45, 7) is 2.19. The molecule has 0 bridgehead atoms. The third-order valence-electron chi connectivity index (χ3n) is 6.35. The van der Waals surface area contributed by atoms with Crippen molar-refractivity contribution < 1.29 is 0 Å². The topological polar surface area (TPSA) is 22.2 Å². The lowest BCUT2D eigenvalue weighted by molar-refractivity contribution is 1.07. The predicted octanol–water partition coefficient (Wildman–Crippen LogP) is 7.69. The Kier molecular flexibility index (Phi) is 5.08. The predicted molar refractivity (Wildman–Crippen MR) is 140 cm³/mol. The molecule has 3 nitrogen and oxygen atoms in total. The molecule has 4 aromatic carbocycles. The van der Waals surface area contributed by atoms with Crippen molar-refractivity contribution >= 4 is 5.78 Å². The second-order valence-corrected chi connectivity index (χ2v) is 8.45. The molecule has 2 aromatic heterocycles. The standard InChI is InChI=1S/C31H25N3/c1-2-23-18-20-27(21-19-23)34-28(24-12-6-3-7-13-24)22-33-30(26-16-10-5-11-17-26)29(32-31(33)34)25-14-8-4-9-15-25/h3-22H,2H2,1H3. The van der Waals surface area contributed by atoms with Crippen LogP contribution < -0.4 is 0 Å². The summed E-state index contributed by atoms with van der Waals surface area (Å²) in [6, 6.07) is 40.4. The van der Waals surface area contributed by atoms with Crippen molar-refractivity contribution in [1.29, 1.82) is 0 Å². The van der Waals surface area contributed by atoms with Gasteiger partial charge >= 0.3 is 0 Å². The molecule has 0 aliphatic rings. The Bertz CT molecular complexity index is 1540. The number of imidazole rings is 2. The normalized spacial score (nSPS) is 11.2. The van der Waals surface area contributed by atoms with Crippen LogP contribution in [0, 0.1) is 0 Å². The first kappa shape index (κ1) is 20.3. The zero-order valence-electron chi connectivity index (χ0n) is 19.1. The molecule has 0 saturated carbocycles. The SMILES string of the molecule is CCc1ccc(-n2c(-c3ccccc3)cn3c(-c4ccccc4)c(-c4ccccc4)nc23)cc1. The highest BCUT2D eigenvalue weighted by atomic mass is 15.2. The van der Waals surface area contributed by atoms with E-state index in [2.05, 4.69) is 131 Å². The quantitative estimate of drug-likeness (QED) is 0.270.